The van der Waals surface area contributed by atoms with Crippen LogP contribution in [0, 0.1) is 0 Å². The average Bonchev–Trinajstić information content (AvgIpc) is 3.14. The van der Waals surface area contributed by atoms with Crippen LogP contribution in [0.25, 0.3) is 6.08 Å². The van der Waals surface area contributed by atoms with Crippen LogP contribution < -0.4 is 14.8 Å². The Morgan fingerprint density at radius 2 is 1.89 bits per heavy atom. The Morgan fingerprint density at radius 1 is 1.15 bits per heavy atom. The number of nitrogens with zero attached hydrogens (tertiary/aromatic N) is 1. The first-order valence-corrected chi connectivity index (χ1v) is 8.70. The lowest BCUT2D eigenvalue weighted by Crippen LogP contribution is -2.44. The fourth-order valence-electron chi connectivity index (χ4n) is 2.78. The van der Waals surface area contributed by atoms with E-state index in [9.17, 15) is 9.59 Å². The van der Waals surface area contributed by atoms with Gasteiger partial charge < -0.3 is 19.7 Å². The van der Waals surface area contributed by atoms with Gasteiger partial charge in [0.1, 0.15) is 6.04 Å². The van der Waals surface area contributed by atoms with E-state index in [-0.39, 0.29) is 18.6 Å². The molecule has 1 aliphatic heterocycles. The number of carbonyl (C=O) groups excluding carboxylic acids is 2. The first-order valence-electron chi connectivity index (χ1n) is 8.70. The molecule has 2 aromatic carbocycles. The molecule has 1 heterocycles. The van der Waals surface area contributed by atoms with E-state index in [2.05, 4.69) is 5.32 Å². The zero-order valence-electron chi connectivity index (χ0n) is 15.3. The van der Waals surface area contributed by atoms with Gasteiger partial charge in [-0.2, -0.15) is 0 Å². The number of carbonyl (C=O) groups is 2. The Kier molecular flexibility index (Phi) is 5.76. The molecule has 0 radical (unpaired) electrons. The van der Waals surface area contributed by atoms with Crippen molar-refractivity contribution in [2.45, 2.75) is 19.5 Å². The van der Waals surface area contributed by atoms with Crippen LogP contribution in [0.2, 0.25) is 0 Å². The van der Waals surface area contributed by atoms with Crippen molar-refractivity contribution in [2.24, 2.45) is 0 Å². The predicted molar refractivity (Wildman–Crippen MR) is 102 cm³/mol. The summed E-state index contributed by atoms with van der Waals surface area (Å²) in [5.74, 6) is 0.907. The maximum absolute atomic E-state index is 12.5. The highest BCUT2D eigenvalue weighted by Gasteiger charge is 2.20. The highest BCUT2D eigenvalue weighted by atomic mass is 16.7. The molecular weight excluding hydrogens is 344 g/mol. The van der Waals surface area contributed by atoms with E-state index in [0.29, 0.717) is 18.0 Å². The third kappa shape index (κ3) is 4.88. The summed E-state index contributed by atoms with van der Waals surface area (Å²) < 4.78 is 10.6. The van der Waals surface area contributed by atoms with Crippen LogP contribution in [0.4, 0.5) is 0 Å². The van der Waals surface area contributed by atoms with E-state index in [4.69, 9.17) is 9.47 Å². The molecule has 0 aromatic heterocycles. The van der Waals surface area contributed by atoms with Crippen LogP contribution >= 0.6 is 0 Å². The monoisotopic (exact) mass is 366 g/mol. The minimum Gasteiger partial charge on any atom is -0.454 e. The van der Waals surface area contributed by atoms with E-state index in [1.165, 1.54) is 6.08 Å². The van der Waals surface area contributed by atoms with Crippen LogP contribution in [-0.4, -0.2) is 36.6 Å². The molecule has 6 heteroatoms. The van der Waals surface area contributed by atoms with Crippen molar-refractivity contribution in [1.29, 1.82) is 0 Å². The quantitative estimate of drug-likeness (QED) is 0.798. The van der Waals surface area contributed by atoms with Crippen molar-refractivity contribution >= 4 is 17.9 Å². The second kappa shape index (κ2) is 8.40. The number of likely N-dealkylation sites (N-methyl/N-ethyl adjacent to an activating group) is 1. The van der Waals surface area contributed by atoms with Gasteiger partial charge in [0.15, 0.2) is 11.5 Å². The van der Waals surface area contributed by atoms with Gasteiger partial charge in [0.2, 0.25) is 18.6 Å². The van der Waals surface area contributed by atoms with Gasteiger partial charge in [0.05, 0.1) is 0 Å². The molecule has 0 saturated heterocycles. The van der Waals surface area contributed by atoms with Crippen LogP contribution in [0.15, 0.2) is 54.6 Å². The fourth-order valence-corrected chi connectivity index (χ4v) is 2.78. The summed E-state index contributed by atoms with van der Waals surface area (Å²) >= 11 is 0. The molecule has 1 aliphatic rings. The van der Waals surface area contributed by atoms with Crippen molar-refractivity contribution in [2.75, 3.05) is 13.8 Å². The second-order valence-corrected chi connectivity index (χ2v) is 6.36. The molecule has 3 rings (SSSR count). The SMILES string of the molecule is CC(NC(=O)/C=C/c1ccccc1)C(=O)N(C)Cc1ccc2c(c1)OCO2. The van der Waals surface area contributed by atoms with E-state index in [1.807, 2.05) is 48.5 Å². The van der Waals surface area contributed by atoms with E-state index < -0.39 is 6.04 Å². The van der Waals surface area contributed by atoms with E-state index >= 15 is 0 Å². The Hall–Kier alpha value is -3.28. The van der Waals surface area contributed by atoms with Gasteiger partial charge in [-0.1, -0.05) is 36.4 Å². The summed E-state index contributed by atoms with van der Waals surface area (Å²) in [7, 11) is 1.70. The lowest BCUT2D eigenvalue weighted by molar-refractivity contribution is -0.134. The molecule has 0 saturated carbocycles. The Bertz CT molecular complexity index is 849. The highest BCUT2D eigenvalue weighted by Crippen LogP contribution is 2.32. The topological polar surface area (TPSA) is 67.9 Å². The largest absolute Gasteiger partial charge is 0.454 e. The predicted octanol–water partition coefficient (Wildman–Crippen LogP) is 2.59. The molecule has 2 amide bonds. The van der Waals surface area contributed by atoms with Crippen molar-refractivity contribution in [3.63, 3.8) is 0 Å². The normalized spacial score (nSPS) is 13.4. The third-order valence-corrected chi connectivity index (χ3v) is 4.19. The first-order chi connectivity index (χ1) is 13.0. The molecule has 2 aromatic rings. The smallest absolute Gasteiger partial charge is 0.244 e. The molecular formula is C21H22N2O4. The maximum Gasteiger partial charge on any atom is 0.244 e. The van der Waals surface area contributed by atoms with Crippen LogP contribution in [0.3, 0.4) is 0 Å². The zero-order valence-corrected chi connectivity index (χ0v) is 15.3. The zero-order chi connectivity index (χ0) is 19.2. The molecule has 1 atom stereocenters. The number of benzene rings is 2. The van der Waals surface area contributed by atoms with Gasteiger partial charge in [0, 0.05) is 19.7 Å². The number of ether oxygens (including phenoxy) is 2. The van der Waals surface area contributed by atoms with Gasteiger partial charge in [-0.15, -0.1) is 0 Å². The molecule has 1 N–H and O–H groups in total. The van der Waals surface area contributed by atoms with Crippen LogP contribution in [0.5, 0.6) is 11.5 Å². The molecule has 0 fully saturated rings. The van der Waals surface area contributed by atoms with Crippen molar-refractivity contribution in [3.8, 4) is 11.5 Å². The van der Waals surface area contributed by atoms with E-state index in [0.717, 1.165) is 11.1 Å². The van der Waals surface area contributed by atoms with Gasteiger partial charge in [-0.25, -0.2) is 0 Å². The summed E-state index contributed by atoms with van der Waals surface area (Å²) in [4.78, 5) is 26.1. The number of fused-ring (bicyclic) bond motifs is 1. The van der Waals surface area contributed by atoms with Gasteiger partial charge in [-0.05, 0) is 36.3 Å². The van der Waals surface area contributed by atoms with Gasteiger partial charge in [-0.3, -0.25) is 9.59 Å². The highest BCUT2D eigenvalue weighted by molar-refractivity contribution is 5.95. The first kappa shape index (κ1) is 18.5. The Morgan fingerprint density at radius 3 is 2.67 bits per heavy atom. The molecule has 27 heavy (non-hydrogen) atoms. The summed E-state index contributed by atoms with van der Waals surface area (Å²) in [6.45, 7) is 2.30. The summed E-state index contributed by atoms with van der Waals surface area (Å²) in [5.41, 5.74) is 1.85. The second-order valence-electron chi connectivity index (χ2n) is 6.36. The summed E-state index contributed by atoms with van der Waals surface area (Å²) in [6, 6.07) is 14.5. The standard InChI is InChI=1S/C21H22N2O4/c1-15(22-20(24)11-9-16-6-4-3-5-7-16)21(25)23(2)13-17-8-10-18-19(12-17)27-14-26-18/h3-12,15H,13-14H2,1-2H3,(H,22,24)/b11-9+. The van der Waals surface area contributed by atoms with Crippen LogP contribution in [-0.2, 0) is 16.1 Å². The van der Waals surface area contributed by atoms with Crippen molar-refractivity contribution < 1.29 is 19.1 Å². The van der Waals surface area contributed by atoms with Gasteiger partial charge in [0.25, 0.3) is 0 Å². The summed E-state index contributed by atoms with van der Waals surface area (Å²) in [6.07, 6.45) is 3.14. The number of hydrogen-bond donors (Lipinski definition) is 1. The number of nitrogens with one attached hydrogen (secondary N) is 1. The average molecular weight is 366 g/mol. The minimum absolute atomic E-state index is 0.172. The van der Waals surface area contributed by atoms with Crippen molar-refractivity contribution in [3.05, 3.63) is 65.7 Å². The van der Waals surface area contributed by atoms with E-state index in [1.54, 1.807) is 24.9 Å². The molecule has 140 valence electrons. The minimum atomic E-state index is -0.628. The van der Waals surface area contributed by atoms with Crippen molar-refractivity contribution in [1.82, 2.24) is 10.2 Å². The number of amides is 2. The maximum atomic E-state index is 12.5. The molecule has 0 spiro atoms. The summed E-state index contributed by atoms with van der Waals surface area (Å²) in [5, 5.41) is 2.70. The van der Waals surface area contributed by atoms with Gasteiger partial charge >= 0.3 is 0 Å². The molecule has 0 bridgehead atoms. The molecule has 6 nitrogen and oxygen atoms in total. The third-order valence-electron chi connectivity index (χ3n) is 4.19. The number of rotatable bonds is 6. The lowest BCUT2D eigenvalue weighted by Gasteiger charge is -2.22. The number of hydrogen-bond acceptors (Lipinski definition) is 4. The molecule has 1 unspecified atom stereocenters. The Labute approximate surface area is 158 Å². The Balaban J connectivity index is 1.53. The van der Waals surface area contributed by atoms with Crippen LogP contribution in [0.1, 0.15) is 18.1 Å². The fraction of sp³-hybridized carbons (Fsp3) is 0.238. The lowest BCUT2D eigenvalue weighted by atomic mass is 10.1. The molecule has 0 aliphatic carbocycles.